The van der Waals surface area contributed by atoms with E-state index in [2.05, 4.69) is 23.2 Å². The molecule has 0 amide bonds. The van der Waals surface area contributed by atoms with Gasteiger partial charge in [0, 0.05) is 13.0 Å². The summed E-state index contributed by atoms with van der Waals surface area (Å²) >= 11 is 4.37. The monoisotopic (exact) mass is 433 g/mol. The first-order valence-corrected chi connectivity index (χ1v) is 9.15. The lowest BCUT2D eigenvalue weighted by Crippen LogP contribution is -2.35. The zero-order valence-corrected chi connectivity index (χ0v) is 15.8. The quantitative estimate of drug-likeness (QED) is 0.496. The minimum atomic E-state index is -4.86. The lowest BCUT2D eigenvalue weighted by molar-refractivity contribution is -0.143. The Kier molecular flexibility index (Phi) is 6.02. The second kappa shape index (κ2) is 8.17. The Morgan fingerprint density at radius 3 is 2.00 bits per heavy atom. The predicted molar refractivity (Wildman–Crippen MR) is 100 cm³/mol. The zero-order chi connectivity index (χ0) is 21.2. The van der Waals surface area contributed by atoms with E-state index in [1.54, 1.807) is 4.90 Å². The van der Waals surface area contributed by atoms with Crippen LogP contribution in [0.2, 0.25) is 0 Å². The molecule has 0 radical (unpaired) electrons. The molecule has 0 spiro atoms. The fourth-order valence-electron chi connectivity index (χ4n) is 2.98. The first-order valence-electron chi connectivity index (χ1n) is 8.63. The Morgan fingerprint density at radius 2 is 1.45 bits per heavy atom. The molecule has 1 atom stereocenters. The van der Waals surface area contributed by atoms with Crippen LogP contribution in [-0.4, -0.2) is 16.2 Å². The van der Waals surface area contributed by atoms with E-state index < -0.39 is 29.0 Å². The van der Waals surface area contributed by atoms with E-state index in [9.17, 15) is 26.3 Å². The van der Waals surface area contributed by atoms with Crippen LogP contribution in [0.5, 0.6) is 0 Å². The molecule has 1 N–H and O–H groups in total. The van der Waals surface area contributed by atoms with Gasteiger partial charge in [-0.2, -0.15) is 31.4 Å². The normalized spacial score (nSPS) is 17.3. The Bertz CT molecular complexity index is 847. The number of amidine groups is 1. The molecule has 0 saturated carbocycles. The predicted octanol–water partition coefficient (Wildman–Crippen LogP) is 5.29. The van der Waals surface area contributed by atoms with Crippen LogP contribution in [0.1, 0.15) is 28.7 Å². The first kappa shape index (κ1) is 21.4. The van der Waals surface area contributed by atoms with Gasteiger partial charge in [0.05, 0.1) is 11.1 Å². The second-order valence-electron chi connectivity index (χ2n) is 6.56. The van der Waals surface area contributed by atoms with Crippen molar-refractivity contribution in [1.82, 2.24) is 10.3 Å². The number of nitrogens with one attached hydrogen (secondary N) is 1. The molecule has 1 aliphatic heterocycles. The van der Waals surface area contributed by atoms with Gasteiger partial charge in [-0.05, 0) is 35.7 Å². The van der Waals surface area contributed by atoms with Crippen molar-refractivity contribution in [3.63, 3.8) is 0 Å². The largest absolute Gasteiger partial charge is 0.416 e. The average molecular weight is 433 g/mol. The Morgan fingerprint density at radius 1 is 0.862 bits per heavy atom. The van der Waals surface area contributed by atoms with Gasteiger partial charge in [-0.25, -0.2) is 0 Å². The molecule has 3 nitrogen and oxygen atoms in total. The van der Waals surface area contributed by atoms with E-state index in [-0.39, 0.29) is 24.5 Å². The van der Waals surface area contributed by atoms with Crippen LogP contribution >= 0.6 is 12.6 Å². The summed E-state index contributed by atoms with van der Waals surface area (Å²) in [6, 6.07) is 11.0. The maximum absolute atomic E-state index is 13.0. The van der Waals surface area contributed by atoms with Crippen LogP contribution in [0.25, 0.3) is 0 Å². The fourth-order valence-corrected chi connectivity index (χ4v) is 3.26. The number of rotatable bonds is 5. The number of halogens is 6. The lowest BCUT2D eigenvalue weighted by Gasteiger charge is -2.24. The van der Waals surface area contributed by atoms with Crippen LogP contribution in [0.3, 0.4) is 0 Å². The van der Waals surface area contributed by atoms with Gasteiger partial charge in [-0.1, -0.05) is 30.3 Å². The maximum atomic E-state index is 13.0. The molecular weight excluding hydrogens is 416 g/mol. The van der Waals surface area contributed by atoms with Crippen LogP contribution in [0, 0.1) is 0 Å². The molecule has 1 heterocycles. The van der Waals surface area contributed by atoms with Crippen molar-refractivity contribution in [2.75, 3.05) is 0 Å². The zero-order valence-electron chi connectivity index (χ0n) is 14.9. The van der Waals surface area contributed by atoms with Crippen molar-refractivity contribution in [2.45, 2.75) is 37.2 Å². The standard InChI is InChI=1S/C19H17F6N3S/c20-18(21,22)14-8-13(9-15(10-14)19(23,24)25)6-7-16-26-27-17(29)28(16)11-12-4-2-1-3-5-12/h1-5,8-10,17,27,29H,6-7,11H2. The maximum Gasteiger partial charge on any atom is 0.416 e. The van der Waals surface area contributed by atoms with Gasteiger partial charge in [-0.15, -0.1) is 12.6 Å². The van der Waals surface area contributed by atoms with E-state index in [0.717, 1.165) is 17.7 Å². The summed E-state index contributed by atoms with van der Waals surface area (Å²) in [6.07, 6.45) is -9.59. The Hall–Kier alpha value is -2.36. The van der Waals surface area contributed by atoms with Gasteiger partial charge in [-0.3, -0.25) is 5.43 Å². The van der Waals surface area contributed by atoms with Crippen molar-refractivity contribution in [3.05, 3.63) is 70.8 Å². The summed E-state index contributed by atoms with van der Waals surface area (Å²) in [7, 11) is 0. The number of benzene rings is 2. The van der Waals surface area contributed by atoms with Crippen LogP contribution in [-0.2, 0) is 25.3 Å². The lowest BCUT2D eigenvalue weighted by atomic mass is 10.0. The summed E-state index contributed by atoms with van der Waals surface area (Å²) in [5.41, 5.74) is 0.613. The van der Waals surface area contributed by atoms with Crippen LogP contribution < -0.4 is 5.43 Å². The number of alkyl halides is 6. The number of hydrazone groups is 1. The van der Waals surface area contributed by atoms with Gasteiger partial charge in [0.1, 0.15) is 5.84 Å². The molecule has 1 unspecified atom stereocenters. The van der Waals surface area contributed by atoms with Crippen molar-refractivity contribution in [1.29, 1.82) is 0 Å². The molecule has 0 aromatic heterocycles. The topological polar surface area (TPSA) is 27.6 Å². The SMILES string of the molecule is FC(F)(F)c1cc(CCC2=NNC(S)N2Cc2ccccc2)cc(C(F)(F)F)c1. The molecule has 2 aromatic carbocycles. The minimum Gasteiger partial charge on any atom is -0.324 e. The molecular formula is C19H17F6N3S. The highest BCUT2D eigenvalue weighted by atomic mass is 32.1. The molecule has 0 saturated heterocycles. The minimum absolute atomic E-state index is 0.0285. The van der Waals surface area contributed by atoms with Gasteiger partial charge < -0.3 is 4.90 Å². The highest BCUT2D eigenvalue weighted by molar-refractivity contribution is 7.80. The third kappa shape index (κ3) is 5.37. The Balaban J connectivity index is 1.77. The summed E-state index contributed by atoms with van der Waals surface area (Å²) < 4.78 is 78.1. The van der Waals surface area contributed by atoms with Crippen molar-refractivity contribution >= 4 is 18.5 Å². The number of hydrogen-bond donors (Lipinski definition) is 2. The number of thiol groups is 1. The van der Waals surface area contributed by atoms with Crippen LogP contribution in [0.15, 0.2) is 53.6 Å². The Labute approximate surface area is 168 Å². The van der Waals surface area contributed by atoms with Gasteiger partial charge in [0.15, 0.2) is 5.50 Å². The summed E-state index contributed by atoms with van der Waals surface area (Å²) in [6.45, 7) is 0.456. The average Bonchev–Trinajstić information content (AvgIpc) is 2.99. The van der Waals surface area contributed by atoms with Crippen molar-refractivity contribution in [2.24, 2.45) is 5.10 Å². The molecule has 29 heavy (non-hydrogen) atoms. The second-order valence-corrected chi connectivity index (χ2v) is 7.05. The number of aryl methyl sites for hydroxylation is 1. The van der Waals surface area contributed by atoms with Gasteiger partial charge in [0.25, 0.3) is 0 Å². The molecule has 10 heteroatoms. The molecule has 0 bridgehead atoms. The van der Waals surface area contributed by atoms with E-state index in [0.29, 0.717) is 12.4 Å². The number of nitrogens with zero attached hydrogens (tertiary/aromatic N) is 2. The highest BCUT2D eigenvalue weighted by Crippen LogP contribution is 2.36. The van der Waals surface area contributed by atoms with E-state index in [4.69, 9.17) is 0 Å². The molecule has 156 valence electrons. The summed E-state index contributed by atoms with van der Waals surface area (Å²) in [5.74, 6) is 0.514. The highest BCUT2D eigenvalue weighted by Gasteiger charge is 2.37. The van der Waals surface area contributed by atoms with Crippen molar-refractivity contribution < 1.29 is 26.3 Å². The third-order valence-electron chi connectivity index (χ3n) is 4.42. The molecule has 0 aliphatic carbocycles. The summed E-state index contributed by atoms with van der Waals surface area (Å²) in [4.78, 5) is 1.80. The first-order chi connectivity index (χ1) is 13.5. The number of hydrogen-bond acceptors (Lipinski definition) is 4. The smallest absolute Gasteiger partial charge is 0.324 e. The van der Waals surface area contributed by atoms with E-state index >= 15 is 0 Å². The molecule has 3 rings (SSSR count). The van der Waals surface area contributed by atoms with Gasteiger partial charge >= 0.3 is 12.4 Å². The van der Waals surface area contributed by atoms with E-state index in [1.807, 2.05) is 30.3 Å². The van der Waals surface area contributed by atoms with Crippen LogP contribution in [0.4, 0.5) is 26.3 Å². The van der Waals surface area contributed by atoms with Crippen molar-refractivity contribution in [3.8, 4) is 0 Å². The molecule has 1 aliphatic rings. The fraction of sp³-hybridized carbons (Fsp3) is 0.316. The van der Waals surface area contributed by atoms with Gasteiger partial charge in [0.2, 0.25) is 0 Å². The third-order valence-corrected chi connectivity index (χ3v) is 4.81. The molecule has 2 aromatic rings. The van der Waals surface area contributed by atoms with E-state index in [1.165, 1.54) is 0 Å². The summed E-state index contributed by atoms with van der Waals surface area (Å²) in [5, 5.41) is 4.12. The molecule has 0 fully saturated rings.